The summed E-state index contributed by atoms with van der Waals surface area (Å²) >= 11 is 4.36. The summed E-state index contributed by atoms with van der Waals surface area (Å²) in [7, 11) is -3.38. The molecule has 0 aromatic carbocycles. The first-order valence-corrected chi connectivity index (χ1v) is 6.12. The molecule has 0 aromatic rings. The quantitative estimate of drug-likeness (QED) is 0.281. The summed E-state index contributed by atoms with van der Waals surface area (Å²) in [5.41, 5.74) is 0. The second-order valence-electron chi connectivity index (χ2n) is 2.09. The molecular formula is C7H14NO4PS. The second kappa shape index (κ2) is 8.24. The van der Waals surface area contributed by atoms with E-state index in [-0.39, 0.29) is 19.8 Å². The molecule has 0 amide bonds. The summed E-state index contributed by atoms with van der Waals surface area (Å²) < 4.78 is 26.3. The van der Waals surface area contributed by atoms with Crippen LogP contribution in [0.5, 0.6) is 0 Å². The van der Waals surface area contributed by atoms with E-state index >= 15 is 0 Å². The monoisotopic (exact) mass is 239 g/mol. The van der Waals surface area contributed by atoms with Crippen molar-refractivity contribution in [3.8, 4) is 0 Å². The number of thiocarbonyl (C=S) groups is 1. The highest BCUT2D eigenvalue weighted by atomic mass is 32.1. The molecule has 0 unspecified atom stereocenters. The molecule has 5 nitrogen and oxygen atoms in total. The maximum atomic E-state index is 11.6. The SMILES string of the molecule is CCOP(=O)(OCC)OCCN=C=S. The third-order valence-corrected chi connectivity index (χ3v) is 2.87. The number of phosphoric ester groups is 1. The van der Waals surface area contributed by atoms with E-state index in [1.807, 2.05) is 0 Å². The summed E-state index contributed by atoms with van der Waals surface area (Å²) in [6.07, 6.45) is 0. The third kappa shape index (κ3) is 6.38. The molecule has 0 atom stereocenters. The summed E-state index contributed by atoms with van der Waals surface area (Å²) in [5, 5.41) is 2.17. The van der Waals surface area contributed by atoms with Crippen molar-refractivity contribution >= 4 is 25.2 Å². The van der Waals surface area contributed by atoms with Gasteiger partial charge in [-0.3, -0.25) is 13.6 Å². The van der Waals surface area contributed by atoms with Gasteiger partial charge in [-0.25, -0.2) is 9.56 Å². The Hall–Kier alpha value is -0.0900. The molecule has 0 aliphatic heterocycles. The standard InChI is InChI=1S/C7H14NO4PS/c1-3-10-13(9,11-4-2)12-6-5-8-7-14/h3-6H2,1-2H3. The van der Waals surface area contributed by atoms with Crippen LogP contribution in [0.2, 0.25) is 0 Å². The van der Waals surface area contributed by atoms with Crippen LogP contribution in [0.1, 0.15) is 13.8 Å². The maximum absolute atomic E-state index is 11.6. The fourth-order valence-electron chi connectivity index (χ4n) is 0.672. The Morgan fingerprint density at radius 2 is 1.86 bits per heavy atom. The first-order chi connectivity index (χ1) is 6.68. The highest BCUT2D eigenvalue weighted by Gasteiger charge is 2.24. The van der Waals surface area contributed by atoms with Crippen LogP contribution in [-0.2, 0) is 18.1 Å². The van der Waals surface area contributed by atoms with Crippen molar-refractivity contribution in [1.82, 2.24) is 0 Å². The summed E-state index contributed by atoms with van der Waals surface area (Å²) in [5.74, 6) is 0. The van der Waals surface area contributed by atoms with Crippen molar-refractivity contribution in [3.63, 3.8) is 0 Å². The molecule has 14 heavy (non-hydrogen) atoms. The van der Waals surface area contributed by atoms with Crippen LogP contribution in [0.15, 0.2) is 4.99 Å². The molecule has 0 spiro atoms. The van der Waals surface area contributed by atoms with E-state index in [2.05, 4.69) is 22.4 Å². The lowest BCUT2D eigenvalue weighted by atomic mass is 10.7. The van der Waals surface area contributed by atoms with Crippen molar-refractivity contribution in [3.05, 3.63) is 0 Å². The smallest absolute Gasteiger partial charge is 0.287 e. The van der Waals surface area contributed by atoms with Gasteiger partial charge in [0.25, 0.3) is 0 Å². The molecule has 0 saturated heterocycles. The van der Waals surface area contributed by atoms with Gasteiger partial charge >= 0.3 is 7.82 Å². The van der Waals surface area contributed by atoms with Crippen LogP contribution in [-0.4, -0.2) is 31.5 Å². The largest absolute Gasteiger partial charge is 0.474 e. The van der Waals surface area contributed by atoms with E-state index in [1.165, 1.54) is 0 Å². The van der Waals surface area contributed by atoms with Gasteiger partial charge in [-0.2, -0.15) is 0 Å². The van der Waals surface area contributed by atoms with Crippen LogP contribution in [0.25, 0.3) is 0 Å². The molecule has 0 rings (SSSR count). The Morgan fingerprint density at radius 1 is 1.29 bits per heavy atom. The Bertz CT molecular complexity index is 232. The second-order valence-corrected chi connectivity index (χ2v) is 3.94. The Balaban J connectivity index is 3.95. The van der Waals surface area contributed by atoms with Crippen LogP contribution in [0.4, 0.5) is 0 Å². The maximum Gasteiger partial charge on any atom is 0.474 e. The van der Waals surface area contributed by atoms with Crippen molar-refractivity contribution in [2.45, 2.75) is 13.8 Å². The number of aliphatic imine (C=N–C) groups is 1. The minimum atomic E-state index is -3.38. The topological polar surface area (TPSA) is 57.1 Å². The van der Waals surface area contributed by atoms with Crippen molar-refractivity contribution in [2.24, 2.45) is 4.99 Å². The van der Waals surface area contributed by atoms with Gasteiger partial charge in [-0.1, -0.05) is 0 Å². The molecule has 7 heteroatoms. The van der Waals surface area contributed by atoms with Gasteiger partial charge in [-0.05, 0) is 26.1 Å². The number of nitrogens with zero attached hydrogens (tertiary/aromatic N) is 1. The minimum Gasteiger partial charge on any atom is -0.287 e. The molecule has 0 radical (unpaired) electrons. The fraction of sp³-hybridized carbons (Fsp3) is 0.857. The number of isothiocyanates is 1. The highest BCUT2D eigenvalue weighted by Crippen LogP contribution is 2.48. The molecular weight excluding hydrogens is 225 g/mol. The molecule has 82 valence electrons. The summed E-state index contributed by atoms with van der Waals surface area (Å²) in [6.45, 7) is 4.41. The first-order valence-electron chi connectivity index (χ1n) is 4.25. The lowest BCUT2D eigenvalue weighted by Gasteiger charge is -2.15. The number of phosphoric acid groups is 1. The fourth-order valence-corrected chi connectivity index (χ4v) is 1.92. The van der Waals surface area contributed by atoms with Crippen molar-refractivity contribution in [1.29, 1.82) is 0 Å². The van der Waals surface area contributed by atoms with Crippen LogP contribution < -0.4 is 0 Å². The molecule has 0 aliphatic carbocycles. The Morgan fingerprint density at radius 3 is 2.29 bits per heavy atom. The van der Waals surface area contributed by atoms with Gasteiger partial charge in [0.1, 0.15) is 0 Å². The first kappa shape index (κ1) is 13.9. The number of hydrogen-bond donors (Lipinski definition) is 0. The van der Waals surface area contributed by atoms with E-state index < -0.39 is 7.82 Å². The molecule has 0 N–H and O–H groups in total. The zero-order valence-corrected chi connectivity index (χ0v) is 9.98. The van der Waals surface area contributed by atoms with Crippen molar-refractivity contribution < 1.29 is 18.1 Å². The van der Waals surface area contributed by atoms with Crippen molar-refractivity contribution in [2.75, 3.05) is 26.4 Å². The zero-order chi connectivity index (χ0) is 10.9. The van der Waals surface area contributed by atoms with Gasteiger partial charge in [0.2, 0.25) is 0 Å². The van der Waals surface area contributed by atoms with Gasteiger partial charge in [0, 0.05) is 0 Å². The lowest BCUT2D eigenvalue weighted by Crippen LogP contribution is -2.03. The molecule has 0 aromatic heterocycles. The molecule has 0 aliphatic rings. The normalized spacial score (nSPS) is 11.0. The number of rotatable bonds is 8. The van der Waals surface area contributed by atoms with Gasteiger partial charge < -0.3 is 0 Å². The predicted octanol–water partition coefficient (Wildman–Crippen LogP) is 2.29. The lowest BCUT2D eigenvalue weighted by molar-refractivity contribution is 0.124. The van der Waals surface area contributed by atoms with Crippen LogP contribution in [0.3, 0.4) is 0 Å². The summed E-state index contributed by atoms with van der Waals surface area (Å²) in [4.78, 5) is 3.60. The van der Waals surface area contributed by atoms with Crippen LogP contribution >= 0.6 is 20.0 Å². The van der Waals surface area contributed by atoms with E-state index in [1.54, 1.807) is 13.8 Å². The van der Waals surface area contributed by atoms with Gasteiger partial charge in [-0.15, -0.1) is 0 Å². The third-order valence-electron chi connectivity index (χ3n) is 1.09. The summed E-state index contributed by atoms with van der Waals surface area (Å²) in [6, 6.07) is 0. The predicted molar refractivity (Wildman–Crippen MR) is 56.7 cm³/mol. The molecule has 0 heterocycles. The molecule has 0 saturated carbocycles. The Labute approximate surface area is 89.1 Å². The molecule has 0 fully saturated rings. The number of hydrogen-bond acceptors (Lipinski definition) is 6. The van der Waals surface area contributed by atoms with Gasteiger partial charge in [0.15, 0.2) is 0 Å². The van der Waals surface area contributed by atoms with Crippen LogP contribution in [0, 0.1) is 0 Å². The van der Waals surface area contributed by atoms with E-state index in [4.69, 9.17) is 13.6 Å². The zero-order valence-electron chi connectivity index (χ0n) is 8.26. The van der Waals surface area contributed by atoms with E-state index in [0.29, 0.717) is 6.54 Å². The Kier molecular flexibility index (Phi) is 8.18. The van der Waals surface area contributed by atoms with Gasteiger partial charge in [0.05, 0.1) is 31.5 Å². The minimum absolute atomic E-state index is 0.140. The average Bonchev–Trinajstić information content (AvgIpc) is 2.13. The van der Waals surface area contributed by atoms with E-state index in [9.17, 15) is 4.57 Å². The van der Waals surface area contributed by atoms with E-state index in [0.717, 1.165) is 0 Å². The average molecular weight is 239 g/mol. The molecule has 0 bridgehead atoms. The highest BCUT2D eigenvalue weighted by molar-refractivity contribution is 7.78.